The van der Waals surface area contributed by atoms with Crippen LogP contribution in [0, 0.1) is 0 Å². The first-order valence-electron chi connectivity index (χ1n) is 8.36. The van der Waals surface area contributed by atoms with Crippen molar-refractivity contribution in [2.45, 2.75) is 13.5 Å². The average molecular weight is 393 g/mol. The number of Topliss-reactive ketones (excluding diaryl/α,β-unsaturated/α-hetero) is 1. The maximum atomic E-state index is 11.8. The summed E-state index contributed by atoms with van der Waals surface area (Å²) < 4.78 is 5.78. The number of carbonyl (C=O) groups excluding carboxylic acids is 2. The second-order valence-corrected chi connectivity index (χ2v) is 7.04. The Bertz CT molecular complexity index is 1160. The highest BCUT2D eigenvalue weighted by molar-refractivity contribution is 7.10. The SMILES string of the molecule is CC(=O)c1csc(Cn2ncc(-c3nc(C(N)=O)c(-c4ccccc4)o3)n2)c1. The van der Waals surface area contributed by atoms with Crippen molar-refractivity contribution in [3.05, 3.63) is 64.1 Å². The van der Waals surface area contributed by atoms with Gasteiger partial charge in [0.25, 0.3) is 5.91 Å². The number of nitrogens with zero attached hydrogens (tertiary/aromatic N) is 4. The summed E-state index contributed by atoms with van der Waals surface area (Å²) in [5.41, 5.74) is 7.23. The molecule has 4 aromatic rings. The number of ketones is 1. The van der Waals surface area contributed by atoms with E-state index in [2.05, 4.69) is 15.2 Å². The van der Waals surface area contributed by atoms with Gasteiger partial charge in [-0.25, -0.2) is 4.98 Å². The number of benzene rings is 1. The summed E-state index contributed by atoms with van der Waals surface area (Å²) in [6, 6.07) is 10.9. The molecule has 0 radical (unpaired) electrons. The van der Waals surface area contributed by atoms with Gasteiger partial charge in [0.15, 0.2) is 22.9 Å². The number of carbonyl (C=O) groups is 2. The molecule has 0 saturated carbocycles. The third-order valence-corrected chi connectivity index (χ3v) is 4.93. The Morgan fingerprint density at radius 3 is 2.71 bits per heavy atom. The monoisotopic (exact) mass is 393 g/mol. The van der Waals surface area contributed by atoms with Crippen LogP contribution in [0.2, 0.25) is 0 Å². The highest BCUT2D eigenvalue weighted by Gasteiger charge is 2.22. The number of nitrogens with two attached hydrogens (primary N) is 1. The standard InChI is InChI=1S/C19H15N5O3S/c1-11(25)13-7-14(28-10-13)9-24-21-8-15(23-24)19-22-16(18(20)26)17(27-19)12-5-3-2-4-6-12/h2-8,10H,9H2,1H3,(H2,20,26). The van der Waals surface area contributed by atoms with E-state index in [1.807, 2.05) is 24.3 Å². The minimum Gasteiger partial charge on any atom is -0.434 e. The second-order valence-electron chi connectivity index (χ2n) is 6.05. The van der Waals surface area contributed by atoms with Crippen LogP contribution in [0.1, 0.15) is 32.6 Å². The molecule has 0 aliphatic heterocycles. The lowest BCUT2D eigenvalue weighted by atomic mass is 10.1. The molecular weight excluding hydrogens is 378 g/mol. The smallest absolute Gasteiger partial charge is 0.271 e. The van der Waals surface area contributed by atoms with E-state index in [1.165, 1.54) is 29.3 Å². The predicted molar refractivity (Wildman–Crippen MR) is 103 cm³/mol. The first kappa shape index (κ1) is 17.8. The van der Waals surface area contributed by atoms with Gasteiger partial charge in [-0.15, -0.1) is 16.4 Å². The lowest BCUT2D eigenvalue weighted by Crippen LogP contribution is -2.12. The minimum atomic E-state index is -0.684. The van der Waals surface area contributed by atoms with Gasteiger partial charge in [-0.1, -0.05) is 30.3 Å². The highest BCUT2D eigenvalue weighted by Crippen LogP contribution is 2.28. The van der Waals surface area contributed by atoms with Gasteiger partial charge in [0, 0.05) is 21.4 Å². The molecule has 0 atom stereocenters. The molecule has 0 aliphatic rings. The van der Waals surface area contributed by atoms with Crippen molar-refractivity contribution in [1.29, 1.82) is 0 Å². The summed E-state index contributed by atoms with van der Waals surface area (Å²) in [6.07, 6.45) is 1.50. The molecule has 0 aliphatic carbocycles. The van der Waals surface area contributed by atoms with Crippen LogP contribution >= 0.6 is 11.3 Å². The van der Waals surface area contributed by atoms with Crippen LogP contribution in [0.15, 0.2) is 52.4 Å². The summed E-state index contributed by atoms with van der Waals surface area (Å²) in [5, 5.41) is 10.4. The molecule has 28 heavy (non-hydrogen) atoms. The van der Waals surface area contributed by atoms with Crippen molar-refractivity contribution in [3.8, 4) is 22.9 Å². The fourth-order valence-corrected chi connectivity index (χ4v) is 3.54. The molecule has 1 aromatic carbocycles. The van der Waals surface area contributed by atoms with Crippen LogP contribution in [-0.2, 0) is 6.54 Å². The number of amides is 1. The molecular formula is C19H15N5O3S. The first-order chi connectivity index (χ1) is 13.5. The van der Waals surface area contributed by atoms with Gasteiger partial charge >= 0.3 is 0 Å². The third kappa shape index (κ3) is 3.47. The summed E-state index contributed by atoms with van der Waals surface area (Å²) in [4.78, 5) is 29.8. The lowest BCUT2D eigenvalue weighted by Gasteiger charge is -1.97. The quantitative estimate of drug-likeness (QED) is 0.503. The van der Waals surface area contributed by atoms with Crippen LogP contribution in [0.25, 0.3) is 22.9 Å². The van der Waals surface area contributed by atoms with Gasteiger partial charge in [-0.05, 0) is 13.0 Å². The van der Waals surface area contributed by atoms with E-state index in [-0.39, 0.29) is 17.4 Å². The van der Waals surface area contributed by atoms with Crippen LogP contribution in [-0.4, -0.2) is 31.7 Å². The molecule has 0 unspecified atom stereocenters. The van der Waals surface area contributed by atoms with Crippen LogP contribution in [0.3, 0.4) is 0 Å². The van der Waals surface area contributed by atoms with Crippen molar-refractivity contribution < 1.29 is 14.0 Å². The Morgan fingerprint density at radius 2 is 2.04 bits per heavy atom. The Balaban J connectivity index is 1.63. The van der Waals surface area contributed by atoms with Crippen molar-refractivity contribution in [1.82, 2.24) is 20.0 Å². The Labute approximate surface area is 163 Å². The normalized spacial score (nSPS) is 10.9. The summed E-state index contributed by atoms with van der Waals surface area (Å²) in [5.74, 6) is -0.211. The van der Waals surface area contributed by atoms with Gasteiger partial charge in [0.1, 0.15) is 0 Å². The average Bonchev–Trinajstić information content (AvgIpc) is 3.42. The molecule has 140 valence electrons. The Kier molecular flexibility index (Phi) is 4.58. The fraction of sp³-hybridized carbons (Fsp3) is 0.105. The van der Waals surface area contributed by atoms with E-state index in [0.717, 1.165) is 4.88 Å². The molecule has 0 fully saturated rings. The van der Waals surface area contributed by atoms with Crippen LogP contribution in [0.5, 0.6) is 0 Å². The number of aromatic nitrogens is 4. The van der Waals surface area contributed by atoms with Gasteiger partial charge < -0.3 is 10.2 Å². The van der Waals surface area contributed by atoms with Crippen molar-refractivity contribution >= 4 is 23.0 Å². The highest BCUT2D eigenvalue weighted by atomic mass is 32.1. The molecule has 8 nitrogen and oxygen atoms in total. The molecule has 9 heteroatoms. The van der Waals surface area contributed by atoms with E-state index in [0.29, 0.717) is 29.1 Å². The molecule has 3 aromatic heterocycles. The van der Waals surface area contributed by atoms with Crippen LogP contribution < -0.4 is 5.73 Å². The topological polar surface area (TPSA) is 117 Å². The van der Waals surface area contributed by atoms with E-state index >= 15 is 0 Å². The van der Waals surface area contributed by atoms with E-state index in [1.54, 1.807) is 17.5 Å². The zero-order valence-electron chi connectivity index (χ0n) is 14.8. The number of thiophene rings is 1. The summed E-state index contributed by atoms with van der Waals surface area (Å²) in [7, 11) is 0. The van der Waals surface area contributed by atoms with Gasteiger partial charge in [0.05, 0.1) is 12.7 Å². The van der Waals surface area contributed by atoms with E-state index in [9.17, 15) is 9.59 Å². The predicted octanol–water partition coefficient (Wildman–Crippen LogP) is 3.01. The number of hydrogen-bond donors (Lipinski definition) is 1. The second kappa shape index (κ2) is 7.20. The van der Waals surface area contributed by atoms with Gasteiger partial charge in [-0.2, -0.15) is 9.90 Å². The molecule has 3 heterocycles. The summed E-state index contributed by atoms with van der Waals surface area (Å²) in [6.45, 7) is 1.94. The number of oxazole rings is 1. The third-order valence-electron chi connectivity index (χ3n) is 4.01. The van der Waals surface area contributed by atoms with E-state index < -0.39 is 5.91 Å². The number of hydrogen-bond acceptors (Lipinski definition) is 7. The zero-order valence-corrected chi connectivity index (χ0v) is 15.6. The minimum absolute atomic E-state index is 0.0174. The van der Waals surface area contributed by atoms with Crippen molar-refractivity contribution in [2.75, 3.05) is 0 Å². The van der Waals surface area contributed by atoms with Gasteiger partial charge in [-0.3, -0.25) is 9.59 Å². The zero-order chi connectivity index (χ0) is 19.7. The molecule has 2 N–H and O–H groups in total. The molecule has 4 rings (SSSR count). The first-order valence-corrected chi connectivity index (χ1v) is 9.24. The maximum absolute atomic E-state index is 11.8. The fourth-order valence-electron chi connectivity index (χ4n) is 2.64. The largest absolute Gasteiger partial charge is 0.434 e. The molecule has 0 spiro atoms. The molecule has 1 amide bonds. The number of rotatable bonds is 6. The molecule has 0 saturated heterocycles. The molecule has 0 bridgehead atoms. The maximum Gasteiger partial charge on any atom is 0.271 e. The van der Waals surface area contributed by atoms with Crippen molar-refractivity contribution in [2.24, 2.45) is 5.73 Å². The number of primary amides is 1. The lowest BCUT2D eigenvalue weighted by molar-refractivity contribution is 0.0993. The Hall–Kier alpha value is -3.59. The summed E-state index contributed by atoms with van der Waals surface area (Å²) >= 11 is 1.46. The Morgan fingerprint density at radius 1 is 1.25 bits per heavy atom. The van der Waals surface area contributed by atoms with Crippen LogP contribution in [0.4, 0.5) is 0 Å². The van der Waals surface area contributed by atoms with Crippen molar-refractivity contribution in [3.63, 3.8) is 0 Å². The van der Waals surface area contributed by atoms with E-state index in [4.69, 9.17) is 10.2 Å². The van der Waals surface area contributed by atoms with Gasteiger partial charge in [0.2, 0.25) is 5.89 Å².